The third-order valence-electron chi connectivity index (χ3n) is 2.95. The van der Waals surface area contributed by atoms with Crippen molar-refractivity contribution < 1.29 is 4.79 Å². The maximum atomic E-state index is 11.9. The van der Waals surface area contributed by atoms with Crippen molar-refractivity contribution in [1.29, 1.82) is 0 Å². The molecule has 2 N–H and O–H groups in total. The van der Waals surface area contributed by atoms with E-state index in [1.807, 2.05) is 13.0 Å². The number of amides is 1. The first-order chi connectivity index (χ1) is 9.70. The number of nitrogens with zero attached hydrogens (tertiary/aromatic N) is 2. The van der Waals surface area contributed by atoms with E-state index in [1.54, 1.807) is 18.6 Å². The van der Waals surface area contributed by atoms with E-state index in [1.165, 1.54) is 21.8 Å². The molecule has 2 rings (SSSR count). The Morgan fingerprint density at radius 1 is 1.40 bits per heavy atom. The van der Waals surface area contributed by atoms with E-state index < -0.39 is 0 Å². The summed E-state index contributed by atoms with van der Waals surface area (Å²) in [5, 5.41) is 0. The highest BCUT2D eigenvalue weighted by Crippen LogP contribution is 2.21. The summed E-state index contributed by atoms with van der Waals surface area (Å²) in [6.07, 6.45) is 6.70. The van der Waals surface area contributed by atoms with Gasteiger partial charge in [0.15, 0.2) is 0 Å². The van der Waals surface area contributed by atoms with Gasteiger partial charge in [0.05, 0.1) is 10.6 Å². The van der Waals surface area contributed by atoms with Gasteiger partial charge in [-0.25, -0.2) is 5.43 Å². The van der Waals surface area contributed by atoms with Crippen LogP contribution in [0.15, 0.2) is 24.7 Å². The molecule has 2 aromatic rings. The van der Waals surface area contributed by atoms with E-state index in [-0.39, 0.29) is 5.91 Å². The Hall–Kier alpha value is -1.79. The minimum atomic E-state index is -0.0862. The Kier molecular flexibility index (Phi) is 5.20. The van der Waals surface area contributed by atoms with E-state index in [2.05, 4.69) is 27.7 Å². The number of rotatable bonds is 6. The van der Waals surface area contributed by atoms with Crippen LogP contribution in [0.2, 0.25) is 0 Å². The lowest BCUT2D eigenvalue weighted by Gasteiger charge is -2.05. The van der Waals surface area contributed by atoms with Crippen LogP contribution in [0, 0.1) is 6.92 Å². The van der Waals surface area contributed by atoms with Gasteiger partial charge in [-0.15, -0.1) is 11.3 Å². The van der Waals surface area contributed by atoms with Gasteiger partial charge in [-0.05, 0) is 25.0 Å². The van der Waals surface area contributed by atoms with Crippen molar-refractivity contribution in [3.05, 3.63) is 45.7 Å². The molecule has 0 aliphatic heterocycles. The Balaban J connectivity index is 1.77. The van der Waals surface area contributed by atoms with Crippen molar-refractivity contribution in [2.45, 2.75) is 26.7 Å². The average molecular weight is 290 g/mol. The summed E-state index contributed by atoms with van der Waals surface area (Å²) >= 11 is 1.53. The second kappa shape index (κ2) is 7.12. The van der Waals surface area contributed by atoms with Gasteiger partial charge in [0, 0.05) is 36.4 Å². The highest BCUT2D eigenvalue weighted by atomic mass is 32.1. The van der Waals surface area contributed by atoms with Gasteiger partial charge < -0.3 is 0 Å². The molecular formula is C14H18N4OS. The lowest BCUT2D eigenvalue weighted by atomic mass is 10.2. The number of nitrogens with one attached hydrogen (secondary N) is 2. The van der Waals surface area contributed by atoms with Gasteiger partial charge in [0.2, 0.25) is 0 Å². The van der Waals surface area contributed by atoms with Crippen LogP contribution in [0.3, 0.4) is 0 Å². The molecule has 0 atom stereocenters. The van der Waals surface area contributed by atoms with Crippen LogP contribution in [0.25, 0.3) is 0 Å². The molecule has 2 aromatic heterocycles. The third-order valence-corrected chi connectivity index (χ3v) is 4.04. The zero-order chi connectivity index (χ0) is 14.4. The van der Waals surface area contributed by atoms with Crippen molar-refractivity contribution in [1.82, 2.24) is 20.8 Å². The van der Waals surface area contributed by atoms with Gasteiger partial charge in [0.25, 0.3) is 5.91 Å². The van der Waals surface area contributed by atoms with Gasteiger partial charge in [-0.2, -0.15) is 0 Å². The first-order valence-electron chi connectivity index (χ1n) is 6.58. The molecule has 0 unspecified atom stereocenters. The van der Waals surface area contributed by atoms with Crippen molar-refractivity contribution in [2.24, 2.45) is 0 Å². The average Bonchev–Trinajstić information content (AvgIpc) is 2.86. The summed E-state index contributed by atoms with van der Waals surface area (Å²) in [4.78, 5) is 22.1. The monoisotopic (exact) mass is 290 g/mol. The molecule has 0 bridgehead atoms. The van der Waals surface area contributed by atoms with Gasteiger partial charge in [-0.1, -0.05) is 6.92 Å². The number of carbonyl (C=O) groups is 1. The molecule has 1 amide bonds. The first kappa shape index (κ1) is 14.6. The smallest absolute Gasteiger partial charge is 0.275 e. The largest absolute Gasteiger partial charge is 0.287 e. The summed E-state index contributed by atoms with van der Waals surface area (Å²) in [6.45, 7) is 4.76. The molecule has 0 saturated heterocycles. The van der Waals surface area contributed by atoms with Crippen LogP contribution in [-0.2, 0) is 12.8 Å². The molecule has 20 heavy (non-hydrogen) atoms. The normalized spacial score (nSPS) is 10.5. The van der Waals surface area contributed by atoms with Crippen molar-refractivity contribution in [3.8, 4) is 0 Å². The molecular weight excluding hydrogens is 272 g/mol. The van der Waals surface area contributed by atoms with Gasteiger partial charge in [0.1, 0.15) is 0 Å². The predicted molar refractivity (Wildman–Crippen MR) is 79.6 cm³/mol. The Bertz CT molecular complexity index is 568. The minimum absolute atomic E-state index is 0.0862. The van der Waals surface area contributed by atoms with Crippen LogP contribution in [0.1, 0.15) is 32.7 Å². The van der Waals surface area contributed by atoms with E-state index in [4.69, 9.17) is 0 Å². The van der Waals surface area contributed by atoms with Crippen LogP contribution in [0.5, 0.6) is 0 Å². The number of thiophene rings is 1. The van der Waals surface area contributed by atoms with Crippen molar-refractivity contribution in [2.75, 3.05) is 6.54 Å². The fourth-order valence-electron chi connectivity index (χ4n) is 1.84. The summed E-state index contributed by atoms with van der Waals surface area (Å²) in [6, 6.07) is 1.96. The molecule has 2 heterocycles. The molecule has 0 saturated carbocycles. The van der Waals surface area contributed by atoms with E-state index >= 15 is 0 Å². The minimum Gasteiger partial charge on any atom is -0.287 e. The Morgan fingerprint density at radius 3 is 2.90 bits per heavy atom. The number of hydrogen-bond acceptors (Lipinski definition) is 5. The lowest BCUT2D eigenvalue weighted by molar-refractivity contribution is 0.0937. The molecule has 0 aliphatic carbocycles. The first-order valence-corrected chi connectivity index (χ1v) is 7.39. The molecule has 6 heteroatoms. The third kappa shape index (κ3) is 3.85. The number of hydrazine groups is 1. The van der Waals surface area contributed by atoms with Gasteiger partial charge in [-0.3, -0.25) is 20.2 Å². The fraction of sp³-hybridized carbons (Fsp3) is 0.357. The number of aromatic nitrogens is 2. The Labute approximate surface area is 122 Å². The fourth-order valence-corrected chi connectivity index (χ4v) is 2.85. The lowest BCUT2D eigenvalue weighted by Crippen LogP contribution is -2.38. The SMILES string of the molecule is CCc1cc(C(=O)NNCCc2cnccn2)sc1C. The van der Waals surface area contributed by atoms with Gasteiger partial charge >= 0.3 is 0 Å². The van der Waals surface area contributed by atoms with Crippen LogP contribution >= 0.6 is 11.3 Å². The van der Waals surface area contributed by atoms with Crippen LogP contribution in [-0.4, -0.2) is 22.4 Å². The maximum Gasteiger partial charge on any atom is 0.275 e. The molecule has 5 nitrogen and oxygen atoms in total. The summed E-state index contributed by atoms with van der Waals surface area (Å²) in [5.74, 6) is -0.0862. The van der Waals surface area contributed by atoms with Crippen LogP contribution in [0.4, 0.5) is 0 Å². The van der Waals surface area contributed by atoms with E-state index in [0.29, 0.717) is 6.54 Å². The number of aryl methyl sites for hydroxylation is 2. The topological polar surface area (TPSA) is 66.9 Å². The molecule has 0 spiro atoms. The second-order valence-corrected chi connectivity index (χ2v) is 5.63. The molecule has 0 radical (unpaired) electrons. The van der Waals surface area contributed by atoms with E-state index in [9.17, 15) is 4.79 Å². The van der Waals surface area contributed by atoms with Crippen molar-refractivity contribution >= 4 is 17.2 Å². The quantitative estimate of drug-likeness (QED) is 0.630. The summed E-state index contributed by atoms with van der Waals surface area (Å²) in [7, 11) is 0. The Morgan fingerprint density at radius 2 is 2.25 bits per heavy atom. The molecule has 106 valence electrons. The highest BCUT2D eigenvalue weighted by Gasteiger charge is 2.10. The summed E-state index contributed by atoms with van der Waals surface area (Å²) < 4.78 is 0. The maximum absolute atomic E-state index is 11.9. The highest BCUT2D eigenvalue weighted by molar-refractivity contribution is 7.14. The van der Waals surface area contributed by atoms with E-state index in [0.717, 1.165) is 23.4 Å². The molecule has 0 fully saturated rings. The second-order valence-electron chi connectivity index (χ2n) is 4.37. The zero-order valence-corrected chi connectivity index (χ0v) is 12.5. The van der Waals surface area contributed by atoms with Crippen LogP contribution < -0.4 is 10.9 Å². The molecule has 0 aromatic carbocycles. The number of hydrogen-bond donors (Lipinski definition) is 2. The standard InChI is InChI=1S/C14H18N4OS/c1-3-11-8-13(20-10(11)2)14(19)18-17-5-4-12-9-15-6-7-16-12/h6-9,17H,3-5H2,1-2H3,(H,18,19). The van der Waals surface area contributed by atoms with Crippen molar-refractivity contribution in [3.63, 3.8) is 0 Å². The number of carbonyl (C=O) groups excluding carboxylic acids is 1. The summed E-state index contributed by atoms with van der Waals surface area (Å²) in [5.41, 5.74) is 7.76. The predicted octanol–water partition coefficient (Wildman–Crippen LogP) is 1.89. The molecule has 0 aliphatic rings. The zero-order valence-electron chi connectivity index (χ0n) is 11.6.